The van der Waals surface area contributed by atoms with Crippen LogP contribution in [0.2, 0.25) is 0 Å². The van der Waals surface area contributed by atoms with Gasteiger partial charge in [0.1, 0.15) is 31.8 Å². The Morgan fingerprint density at radius 3 is 0.605 bits per heavy atom. The number of rotatable bonds is 60. The first-order valence-corrected chi connectivity index (χ1v) is 38.8. The highest BCUT2D eigenvalue weighted by atomic mass is 32.2. The van der Waals surface area contributed by atoms with Crippen LogP contribution < -0.4 is 0 Å². The van der Waals surface area contributed by atoms with E-state index in [-0.39, 0.29) is 74.0 Å². The van der Waals surface area contributed by atoms with Crippen molar-refractivity contribution in [3.8, 4) is 0 Å². The van der Waals surface area contributed by atoms with Crippen LogP contribution in [0.4, 0.5) is 0 Å². The second kappa shape index (κ2) is 55.8. The minimum atomic E-state index is -1.30. The highest BCUT2D eigenvalue weighted by molar-refractivity contribution is 7.99. The molecule has 8 nitrogen and oxygen atoms in total. The molecule has 0 saturated carbocycles. The molecule has 0 aromatic carbocycles. The fraction of sp³-hybridized carbons (Fsp3) is 0.942. The van der Waals surface area contributed by atoms with Crippen LogP contribution in [0.1, 0.15) is 289 Å². The quantitative estimate of drug-likeness (QED) is 0.0329. The summed E-state index contributed by atoms with van der Waals surface area (Å²) in [5.74, 6) is 6.69. The minimum absolute atomic E-state index is 0.216. The minimum Gasteiger partial charge on any atom is -0.464 e. The van der Waals surface area contributed by atoms with Crippen molar-refractivity contribution in [1.82, 2.24) is 0 Å². The maximum Gasteiger partial charge on any atom is 0.309 e. The van der Waals surface area contributed by atoms with Crippen LogP contribution in [0.3, 0.4) is 0 Å². The lowest BCUT2D eigenvalue weighted by atomic mass is 9.91. The summed E-state index contributed by atoms with van der Waals surface area (Å²) in [6.07, 6.45) is 40.0. The molecule has 0 aromatic rings. The van der Waals surface area contributed by atoms with Crippen LogP contribution in [0.5, 0.6) is 0 Å². The number of unbranched alkanes of at least 4 members (excludes halogenated alkanes) is 8. The summed E-state index contributed by atoms with van der Waals surface area (Å²) in [6.45, 7) is 24.9. The van der Waals surface area contributed by atoms with E-state index in [4.69, 9.17) is 18.9 Å². The molecule has 81 heavy (non-hydrogen) atoms. The largest absolute Gasteiger partial charge is 0.464 e. The molecular weight excluding hydrogens is 1090 g/mol. The van der Waals surface area contributed by atoms with Gasteiger partial charge in [-0.3, -0.25) is 19.2 Å². The van der Waals surface area contributed by atoms with Crippen molar-refractivity contribution in [2.75, 3.05) is 72.5 Å². The highest BCUT2D eigenvalue weighted by Crippen LogP contribution is 2.30. The molecule has 0 bridgehead atoms. The number of carbonyl (C=O) groups is 4. The summed E-state index contributed by atoms with van der Waals surface area (Å²) < 4.78 is 24.7. The standard InChI is InChI=1S/C69H132O8S4/c1-13-21-33-61(34-22-14-2)41-29-45-78-49-57(9)65(70)74-53-69(54-75-66(71)58(10)50-79-46-30-42-62(35-23-15-3)36-24-16-4,55-76-67(72)59(11)51-80-47-31-43-63(37-25-17-5)38-26-18-6)56-77-68(73)60(12)52-81-48-32-44-64(39-27-19-7)40-28-20-8/h57-64H,13-56H2,1-12H3. The molecule has 0 fully saturated rings. The molecule has 0 N–H and O–H groups in total. The van der Waals surface area contributed by atoms with Gasteiger partial charge in [-0.05, 0) is 98.0 Å². The zero-order valence-electron chi connectivity index (χ0n) is 55.1. The molecule has 0 aliphatic heterocycles. The second-order valence-electron chi connectivity index (χ2n) is 25.0. The third-order valence-corrected chi connectivity index (χ3v) is 21.7. The molecule has 0 radical (unpaired) electrons. The Kier molecular flexibility index (Phi) is 55.3. The molecule has 0 rings (SSSR count). The molecular formula is C69H132O8S4. The van der Waals surface area contributed by atoms with Crippen LogP contribution >= 0.6 is 47.0 Å². The smallest absolute Gasteiger partial charge is 0.309 e. The summed E-state index contributed by atoms with van der Waals surface area (Å²) in [5.41, 5.74) is -1.30. The van der Waals surface area contributed by atoms with Gasteiger partial charge in [-0.25, -0.2) is 0 Å². The highest BCUT2D eigenvalue weighted by Gasteiger charge is 2.40. The number of hydrogen-bond donors (Lipinski definition) is 0. The fourth-order valence-corrected chi connectivity index (χ4v) is 14.7. The number of thioether (sulfide) groups is 4. The van der Waals surface area contributed by atoms with E-state index in [2.05, 4.69) is 55.4 Å². The van der Waals surface area contributed by atoms with Crippen molar-refractivity contribution in [2.45, 2.75) is 289 Å². The lowest BCUT2D eigenvalue weighted by Gasteiger charge is -2.33. The first-order chi connectivity index (χ1) is 39.2. The third kappa shape index (κ3) is 44.4. The average molecular weight is 1220 g/mol. The molecule has 0 aliphatic carbocycles. The molecule has 0 aliphatic rings. The number of carbonyl (C=O) groups excluding carboxylic acids is 4. The molecule has 0 heterocycles. The van der Waals surface area contributed by atoms with Crippen molar-refractivity contribution in [3.63, 3.8) is 0 Å². The topological polar surface area (TPSA) is 105 Å². The zero-order valence-corrected chi connectivity index (χ0v) is 58.4. The third-order valence-electron chi connectivity index (χ3n) is 16.5. The molecule has 0 aromatic heterocycles. The van der Waals surface area contributed by atoms with Gasteiger partial charge in [0, 0.05) is 23.0 Å². The summed E-state index contributed by atoms with van der Waals surface area (Å²) in [6, 6.07) is 0. The van der Waals surface area contributed by atoms with Crippen LogP contribution in [0.15, 0.2) is 0 Å². The van der Waals surface area contributed by atoms with Crippen LogP contribution in [-0.4, -0.2) is 96.3 Å². The molecule has 4 atom stereocenters. The van der Waals surface area contributed by atoms with Gasteiger partial charge in [0.2, 0.25) is 0 Å². The van der Waals surface area contributed by atoms with E-state index in [1.54, 1.807) is 47.0 Å². The first-order valence-electron chi connectivity index (χ1n) is 34.2. The molecule has 0 saturated heterocycles. The van der Waals surface area contributed by atoms with E-state index in [1.165, 1.54) is 180 Å². The summed E-state index contributed by atoms with van der Waals surface area (Å²) >= 11 is 7.20. The van der Waals surface area contributed by atoms with E-state index in [1.807, 2.05) is 27.7 Å². The Balaban J connectivity index is 6.38. The molecule has 480 valence electrons. The Labute approximate surface area is 519 Å². The second-order valence-corrected chi connectivity index (χ2v) is 29.6. The Morgan fingerprint density at radius 1 is 0.284 bits per heavy atom. The predicted molar refractivity (Wildman–Crippen MR) is 359 cm³/mol. The van der Waals surface area contributed by atoms with E-state index in [0.29, 0.717) is 23.0 Å². The van der Waals surface area contributed by atoms with Gasteiger partial charge < -0.3 is 18.9 Å². The van der Waals surface area contributed by atoms with E-state index in [0.717, 1.165) is 72.4 Å². The van der Waals surface area contributed by atoms with Crippen molar-refractivity contribution >= 4 is 70.9 Å². The van der Waals surface area contributed by atoms with Crippen molar-refractivity contribution in [1.29, 1.82) is 0 Å². The maximum absolute atomic E-state index is 13.9. The Morgan fingerprint density at radius 2 is 0.444 bits per heavy atom. The fourth-order valence-electron chi connectivity index (χ4n) is 10.6. The number of esters is 4. The molecule has 4 unspecified atom stereocenters. The van der Waals surface area contributed by atoms with E-state index in [9.17, 15) is 19.2 Å². The lowest BCUT2D eigenvalue weighted by Crippen LogP contribution is -2.45. The van der Waals surface area contributed by atoms with Crippen LogP contribution in [0, 0.1) is 52.8 Å². The predicted octanol–water partition coefficient (Wildman–Crippen LogP) is 20.7. The number of ether oxygens (including phenoxy) is 4. The van der Waals surface area contributed by atoms with Crippen molar-refractivity contribution in [2.24, 2.45) is 52.8 Å². The first kappa shape index (κ1) is 80.3. The van der Waals surface area contributed by atoms with Gasteiger partial charge in [-0.1, -0.05) is 237 Å². The van der Waals surface area contributed by atoms with Crippen LogP contribution in [0.25, 0.3) is 0 Å². The van der Waals surface area contributed by atoms with Gasteiger partial charge in [-0.15, -0.1) is 0 Å². The van der Waals surface area contributed by atoms with Gasteiger partial charge in [0.15, 0.2) is 0 Å². The van der Waals surface area contributed by atoms with Crippen molar-refractivity contribution in [3.05, 3.63) is 0 Å². The van der Waals surface area contributed by atoms with E-state index < -0.39 is 5.41 Å². The number of hydrogen-bond acceptors (Lipinski definition) is 12. The summed E-state index contributed by atoms with van der Waals surface area (Å²) in [4.78, 5) is 55.7. The zero-order chi connectivity index (χ0) is 60.2. The summed E-state index contributed by atoms with van der Waals surface area (Å²) in [7, 11) is 0. The molecule has 0 spiro atoms. The average Bonchev–Trinajstić information content (AvgIpc) is 3.47. The Hall–Kier alpha value is -0.720. The maximum atomic E-state index is 13.9. The Bertz CT molecular complexity index is 1220. The van der Waals surface area contributed by atoms with Gasteiger partial charge in [-0.2, -0.15) is 47.0 Å². The van der Waals surface area contributed by atoms with Gasteiger partial charge in [0.05, 0.1) is 23.7 Å². The monoisotopic (exact) mass is 1220 g/mol. The molecule has 0 amide bonds. The van der Waals surface area contributed by atoms with E-state index >= 15 is 0 Å². The molecule has 12 heteroatoms. The SMILES string of the molecule is CCCCC(CCCC)CCCSCC(C)C(=O)OCC(COC(=O)C(C)CSCCCC(CCCC)CCCC)(COC(=O)C(C)CSCCCC(CCCC)CCCC)COC(=O)C(C)CSCCCC(CCCC)CCCC. The summed E-state index contributed by atoms with van der Waals surface area (Å²) in [5, 5.41) is 0. The van der Waals surface area contributed by atoms with Gasteiger partial charge in [0.25, 0.3) is 0 Å². The lowest BCUT2D eigenvalue weighted by molar-refractivity contribution is -0.174. The van der Waals surface area contributed by atoms with Gasteiger partial charge >= 0.3 is 23.9 Å². The normalized spacial score (nSPS) is 14.1. The van der Waals surface area contributed by atoms with Crippen molar-refractivity contribution < 1.29 is 38.1 Å². The van der Waals surface area contributed by atoms with Crippen LogP contribution in [-0.2, 0) is 38.1 Å².